The number of amides is 1. The van der Waals surface area contributed by atoms with E-state index in [-0.39, 0.29) is 12.2 Å². The summed E-state index contributed by atoms with van der Waals surface area (Å²) in [5, 5.41) is 0. The molecular formula is C14H17NO4. The highest BCUT2D eigenvalue weighted by Crippen LogP contribution is 2.11. The van der Waals surface area contributed by atoms with Gasteiger partial charge in [-0.3, -0.25) is 0 Å². The first-order chi connectivity index (χ1) is 9.27. The highest BCUT2D eigenvalue weighted by Gasteiger charge is 2.17. The van der Waals surface area contributed by atoms with Crippen molar-refractivity contribution in [2.45, 2.75) is 25.9 Å². The van der Waals surface area contributed by atoms with Gasteiger partial charge >= 0.3 is 12.2 Å². The Balaban J connectivity index is 0.000000550. The molecule has 0 aromatic heterocycles. The van der Waals surface area contributed by atoms with E-state index >= 15 is 0 Å². The molecule has 0 radical (unpaired) electrons. The van der Waals surface area contributed by atoms with Gasteiger partial charge in [-0.1, -0.05) is 30.3 Å². The topological polar surface area (TPSA) is 63.7 Å². The molecule has 1 aromatic rings. The van der Waals surface area contributed by atoms with E-state index < -0.39 is 0 Å². The van der Waals surface area contributed by atoms with Gasteiger partial charge in [0.25, 0.3) is 0 Å². The molecule has 0 saturated carbocycles. The van der Waals surface area contributed by atoms with E-state index in [4.69, 9.17) is 14.3 Å². The van der Waals surface area contributed by atoms with Gasteiger partial charge in [0.2, 0.25) is 0 Å². The molecule has 102 valence electrons. The quantitative estimate of drug-likeness (QED) is 0.820. The molecule has 0 unspecified atom stereocenters. The minimum absolute atomic E-state index is 0.177. The van der Waals surface area contributed by atoms with Crippen LogP contribution in [0.3, 0.4) is 0 Å². The van der Waals surface area contributed by atoms with Crippen LogP contribution >= 0.6 is 0 Å². The minimum Gasteiger partial charge on any atom is -0.445 e. The van der Waals surface area contributed by atoms with Crippen LogP contribution in [-0.2, 0) is 20.9 Å². The second-order valence-corrected chi connectivity index (χ2v) is 4.17. The van der Waals surface area contributed by atoms with Crippen molar-refractivity contribution < 1.29 is 19.1 Å². The van der Waals surface area contributed by atoms with Gasteiger partial charge in [-0.05, 0) is 24.8 Å². The normalized spacial score (nSPS) is 13.8. The molecule has 0 bridgehead atoms. The van der Waals surface area contributed by atoms with Crippen molar-refractivity contribution in [3.8, 4) is 0 Å². The molecule has 1 heterocycles. The van der Waals surface area contributed by atoms with Gasteiger partial charge in [0.05, 0.1) is 0 Å². The molecule has 0 spiro atoms. The third-order valence-corrected chi connectivity index (χ3v) is 2.82. The fourth-order valence-electron chi connectivity index (χ4n) is 1.89. The summed E-state index contributed by atoms with van der Waals surface area (Å²) in [4.78, 5) is 29.7. The van der Waals surface area contributed by atoms with E-state index in [2.05, 4.69) is 0 Å². The fourth-order valence-corrected chi connectivity index (χ4v) is 1.89. The van der Waals surface area contributed by atoms with E-state index in [0.29, 0.717) is 6.61 Å². The molecule has 2 rings (SSSR count). The number of piperidine rings is 1. The van der Waals surface area contributed by atoms with Crippen molar-refractivity contribution in [2.75, 3.05) is 13.1 Å². The smallest absolute Gasteiger partial charge is 0.410 e. The maximum absolute atomic E-state index is 11.7. The zero-order valence-electron chi connectivity index (χ0n) is 10.7. The summed E-state index contributed by atoms with van der Waals surface area (Å²) in [6, 6.07) is 9.77. The van der Waals surface area contributed by atoms with Gasteiger partial charge in [0, 0.05) is 13.1 Å². The second-order valence-electron chi connectivity index (χ2n) is 4.17. The average molecular weight is 263 g/mol. The molecule has 1 amide bonds. The first-order valence-corrected chi connectivity index (χ1v) is 6.23. The maximum atomic E-state index is 11.7. The monoisotopic (exact) mass is 263 g/mol. The lowest BCUT2D eigenvalue weighted by atomic mass is 10.1. The molecule has 1 aromatic carbocycles. The van der Waals surface area contributed by atoms with Gasteiger partial charge in [-0.2, -0.15) is 9.59 Å². The molecule has 5 nitrogen and oxygen atoms in total. The summed E-state index contributed by atoms with van der Waals surface area (Å²) in [6.45, 7) is 2.05. The first-order valence-electron chi connectivity index (χ1n) is 6.23. The summed E-state index contributed by atoms with van der Waals surface area (Å²) < 4.78 is 5.25. The standard InChI is InChI=1S/C13H17NO2.CO2/c15-13(14-9-5-2-6-10-14)16-11-12-7-3-1-4-8-12;2-1-3/h1,3-4,7-8H,2,5-6,9-11H2;. The average Bonchev–Trinajstić information content (AvgIpc) is 2.47. The lowest BCUT2D eigenvalue weighted by Crippen LogP contribution is -2.35. The van der Waals surface area contributed by atoms with Gasteiger partial charge < -0.3 is 9.64 Å². The third kappa shape index (κ3) is 5.84. The number of hydrogen-bond donors (Lipinski definition) is 0. The van der Waals surface area contributed by atoms with E-state index in [1.54, 1.807) is 4.90 Å². The molecular weight excluding hydrogens is 246 g/mol. The van der Waals surface area contributed by atoms with Gasteiger partial charge in [-0.25, -0.2) is 4.79 Å². The number of benzene rings is 1. The Morgan fingerprint density at radius 2 is 1.68 bits per heavy atom. The third-order valence-electron chi connectivity index (χ3n) is 2.82. The number of carbonyl (C=O) groups is 1. The van der Waals surface area contributed by atoms with E-state index in [0.717, 1.165) is 31.5 Å². The van der Waals surface area contributed by atoms with E-state index in [1.165, 1.54) is 6.42 Å². The van der Waals surface area contributed by atoms with Gasteiger partial charge in [0.1, 0.15) is 6.61 Å². The van der Waals surface area contributed by atoms with Crippen molar-refractivity contribution >= 4 is 12.2 Å². The number of rotatable bonds is 2. The van der Waals surface area contributed by atoms with Crippen molar-refractivity contribution in [3.63, 3.8) is 0 Å². The van der Waals surface area contributed by atoms with Crippen LogP contribution in [0, 0.1) is 0 Å². The van der Waals surface area contributed by atoms with Crippen molar-refractivity contribution in [1.29, 1.82) is 0 Å². The fraction of sp³-hybridized carbons (Fsp3) is 0.429. The molecule has 0 aliphatic carbocycles. The Labute approximate surface area is 112 Å². The van der Waals surface area contributed by atoms with Crippen LogP contribution in [0.1, 0.15) is 24.8 Å². The summed E-state index contributed by atoms with van der Waals surface area (Å²) >= 11 is 0. The lowest BCUT2D eigenvalue weighted by molar-refractivity contribution is -0.191. The number of carbonyl (C=O) groups excluding carboxylic acids is 3. The predicted molar refractivity (Wildman–Crippen MR) is 67.1 cm³/mol. The zero-order valence-corrected chi connectivity index (χ0v) is 10.7. The van der Waals surface area contributed by atoms with Crippen LogP contribution in [0.2, 0.25) is 0 Å². The maximum Gasteiger partial charge on any atom is 0.410 e. The van der Waals surface area contributed by atoms with Crippen LogP contribution in [0.5, 0.6) is 0 Å². The summed E-state index contributed by atoms with van der Waals surface area (Å²) in [7, 11) is 0. The largest absolute Gasteiger partial charge is 0.445 e. The van der Waals surface area contributed by atoms with Crippen molar-refractivity contribution in [2.24, 2.45) is 0 Å². The van der Waals surface area contributed by atoms with E-state index in [1.807, 2.05) is 30.3 Å². The number of likely N-dealkylation sites (tertiary alicyclic amines) is 1. The van der Waals surface area contributed by atoms with Crippen LogP contribution in [0.4, 0.5) is 4.79 Å². The van der Waals surface area contributed by atoms with Crippen molar-refractivity contribution in [3.05, 3.63) is 35.9 Å². The molecule has 1 aliphatic heterocycles. The van der Waals surface area contributed by atoms with Crippen LogP contribution in [0.15, 0.2) is 30.3 Å². The summed E-state index contributed by atoms with van der Waals surface area (Å²) in [5.41, 5.74) is 1.04. The molecule has 0 N–H and O–H groups in total. The van der Waals surface area contributed by atoms with Crippen LogP contribution in [0.25, 0.3) is 0 Å². The Morgan fingerprint density at radius 1 is 1.11 bits per heavy atom. The molecule has 1 fully saturated rings. The SMILES string of the molecule is O=C(OCc1ccccc1)N1CCCCC1.O=C=O. The highest BCUT2D eigenvalue weighted by molar-refractivity contribution is 5.67. The zero-order chi connectivity index (χ0) is 13.9. The lowest BCUT2D eigenvalue weighted by Gasteiger charge is -2.25. The van der Waals surface area contributed by atoms with Crippen molar-refractivity contribution in [1.82, 2.24) is 4.90 Å². The molecule has 19 heavy (non-hydrogen) atoms. The summed E-state index contributed by atoms with van der Waals surface area (Å²) in [5.74, 6) is 0. The summed E-state index contributed by atoms with van der Waals surface area (Å²) in [6.07, 6.45) is 3.49. The Kier molecular flexibility index (Phi) is 6.98. The van der Waals surface area contributed by atoms with Crippen LogP contribution in [-0.4, -0.2) is 30.2 Å². The Hall–Kier alpha value is -2.13. The molecule has 5 heteroatoms. The highest BCUT2D eigenvalue weighted by atomic mass is 16.6. The Morgan fingerprint density at radius 3 is 2.26 bits per heavy atom. The molecule has 1 aliphatic rings. The Bertz CT molecular complexity index is 407. The number of nitrogens with zero attached hydrogens (tertiary/aromatic N) is 1. The minimum atomic E-state index is -0.177. The molecule has 0 atom stereocenters. The van der Waals surface area contributed by atoms with Gasteiger partial charge in [0.15, 0.2) is 0 Å². The van der Waals surface area contributed by atoms with Gasteiger partial charge in [-0.15, -0.1) is 0 Å². The molecule has 1 saturated heterocycles. The number of hydrogen-bond acceptors (Lipinski definition) is 4. The number of ether oxygens (including phenoxy) is 1. The predicted octanol–water partition coefficient (Wildman–Crippen LogP) is 2.23. The van der Waals surface area contributed by atoms with E-state index in [9.17, 15) is 4.79 Å². The first kappa shape index (κ1) is 14.9. The second kappa shape index (κ2) is 8.89. The van der Waals surface area contributed by atoms with Crippen LogP contribution < -0.4 is 0 Å².